The molecule has 0 heterocycles. The first-order valence-corrected chi connectivity index (χ1v) is 8.25. The average Bonchev–Trinajstić information content (AvgIpc) is 2.63. The summed E-state index contributed by atoms with van der Waals surface area (Å²) >= 11 is 0. The maximum atomic E-state index is 12.9. The fourth-order valence-corrected chi connectivity index (χ4v) is 2.23. The van der Waals surface area contributed by atoms with Gasteiger partial charge in [-0.15, -0.1) is 0 Å². The molecule has 3 amide bonds. The van der Waals surface area contributed by atoms with Crippen molar-refractivity contribution < 1.29 is 23.5 Å². The summed E-state index contributed by atoms with van der Waals surface area (Å²) in [5.41, 5.74) is 0.973. The zero-order valence-corrected chi connectivity index (χ0v) is 15.4. The molecule has 0 radical (unpaired) electrons. The summed E-state index contributed by atoms with van der Waals surface area (Å²) in [4.78, 5) is 25.0. The number of likely N-dealkylation sites (N-methyl/N-ethyl adjacent to an activating group) is 1. The summed E-state index contributed by atoms with van der Waals surface area (Å²) in [6.45, 7) is 1.97. The van der Waals surface area contributed by atoms with Gasteiger partial charge in [-0.1, -0.05) is 0 Å². The monoisotopic (exact) mass is 375 g/mol. The first-order valence-electron chi connectivity index (χ1n) is 8.25. The normalized spacial score (nSPS) is 10.1. The molecular formula is C19H22FN3O4. The molecule has 2 aromatic rings. The van der Waals surface area contributed by atoms with Crippen molar-refractivity contribution in [3.05, 3.63) is 48.3 Å². The van der Waals surface area contributed by atoms with Crippen molar-refractivity contribution in [3.8, 4) is 11.5 Å². The topological polar surface area (TPSA) is 79.9 Å². The van der Waals surface area contributed by atoms with Crippen molar-refractivity contribution in [3.63, 3.8) is 0 Å². The van der Waals surface area contributed by atoms with E-state index in [-0.39, 0.29) is 24.4 Å². The molecule has 2 N–H and O–H groups in total. The van der Waals surface area contributed by atoms with Crippen LogP contribution >= 0.6 is 0 Å². The van der Waals surface area contributed by atoms with Crippen LogP contribution in [0.1, 0.15) is 6.92 Å². The standard InChI is InChI=1S/C19H22FN3O4/c1-13(24)21-15-6-9-18(26-3)17(12-15)22-19(25)23(2)10-11-27-16-7-4-14(20)5-8-16/h4-9,12H,10-11H2,1-3H3,(H,21,24)(H,22,25). The Hall–Kier alpha value is -3.29. The highest BCUT2D eigenvalue weighted by Gasteiger charge is 2.13. The van der Waals surface area contributed by atoms with E-state index in [4.69, 9.17) is 9.47 Å². The third kappa shape index (κ3) is 6.18. The molecule has 0 spiro atoms. The Labute approximate surface area is 157 Å². The number of hydrogen-bond donors (Lipinski definition) is 2. The van der Waals surface area contributed by atoms with Crippen LogP contribution in [0.15, 0.2) is 42.5 Å². The average molecular weight is 375 g/mol. The fourth-order valence-electron chi connectivity index (χ4n) is 2.23. The Morgan fingerprint density at radius 2 is 1.81 bits per heavy atom. The maximum absolute atomic E-state index is 12.9. The van der Waals surface area contributed by atoms with Crippen LogP contribution in [-0.2, 0) is 4.79 Å². The van der Waals surface area contributed by atoms with Crippen LogP contribution < -0.4 is 20.1 Å². The van der Waals surface area contributed by atoms with E-state index in [2.05, 4.69) is 10.6 Å². The summed E-state index contributed by atoms with van der Waals surface area (Å²) in [7, 11) is 3.11. The molecule has 0 aliphatic carbocycles. The molecule has 0 aliphatic heterocycles. The molecule has 0 aliphatic rings. The van der Waals surface area contributed by atoms with Crippen molar-refractivity contribution in [2.45, 2.75) is 6.92 Å². The molecule has 0 fully saturated rings. The molecule has 27 heavy (non-hydrogen) atoms. The van der Waals surface area contributed by atoms with Gasteiger partial charge in [0.25, 0.3) is 0 Å². The molecule has 0 atom stereocenters. The van der Waals surface area contributed by atoms with Gasteiger partial charge in [-0.25, -0.2) is 9.18 Å². The minimum atomic E-state index is -0.365. The van der Waals surface area contributed by atoms with Gasteiger partial charge in [0.2, 0.25) is 5.91 Å². The molecular weight excluding hydrogens is 353 g/mol. The third-order valence-corrected chi connectivity index (χ3v) is 3.62. The highest BCUT2D eigenvalue weighted by Crippen LogP contribution is 2.28. The van der Waals surface area contributed by atoms with Crippen LogP contribution in [-0.4, -0.2) is 44.1 Å². The number of halogens is 1. The molecule has 0 saturated carbocycles. The number of carbonyl (C=O) groups excluding carboxylic acids is 2. The Morgan fingerprint density at radius 1 is 1.11 bits per heavy atom. The number of urea groups is 1. The number of rotatable bonds is 7. The Bertz CT molecular complexity index is 796. The van der Waals surface area contributed by atoms with Crippen LogP contribution in [0.25, 0.3) is 0 Å². The largest absolute Gasteiger partial charge is 0.495 e. The lowest BCUT2D eigenvalue weighted by Gasteiger charge is -2.19. The highest BCUT2D eigenvalue weighted by molar-refractivity contribution is 5.94. The number of nitrogens with one attached hydrogen (secondary N) is 2. The second-order valence-corrected chi connectivity index (χ2v) is 5.75. The summed E-state index contributed by atoms with van der Waals surface area (Å²) in [6, 6.07) is 10.2. The number of nitrogens with zero attached hydrogens (tertiary/aromatic N) is 1. The van der Waals surface area contributed by atoms with Crippen LogP contribution in [0.2, 0.25) is 0 Å². The molecule has 0 saturated heterocycles. The van der Waals surface area contributed by atoms with Crippen LogP contribution in [0.5, 0.6) is 11.5 Å². The second kappa shape index (κ2) is 9.42. The van der Waals surface area contributed by atoms with Crippen molar-refractivity contribution >= 4 is 23.3 Å². The molecule has 7 nitrogen and oxygen atoms in total. The van der Waals surface area contributed by atoms with Crippen molar-refractivity contribution in [1.82, 2.24) is 4.90 Å². The van der Waals surface area contributed by atoms with Gasteiger partial charge >= 0.3 is 6.03 Å². The number of benzene rings is 2. The highest BCUT2D eigenvalue weighted by atomic mass is 19.1. The summed E-state index contributed by atoms with van der Waals surface area (Å²) in [5, 5.41) is 5.39. The zero-order valence-electron chi connectivity index (χ0n) is 15.4. The molecule has 0 aromatic heterocycles. The molecule has 144 valence electrons. The van der Waals surface area contributed by atoms with Crippen molar-refractivity contribution in [2.24, 2.45) is 0 Å². The van der Waals surface area contributed by atoms with Gasteiger partial charge in [0, 0.05) is 19.7 Å². The van der Waals surface area contributed by atoms with Crippen LogP contribution in [0.4, 0.5) is 20.6 Å². The van der Waals surface area contributed by atoms with E-state index < -0.39 is 0 Å². The van der Waals surface area contributed by atoms with Gasteiger partial charge in [-0.05, 0) is 42.5 Å². The minimum absolute atomic E-state index is 0.215. The number of anilines is 2. The molecule has 8 heteroatoms. The van der Waals surface area contributed by atoms with Gasteiger partial charge in [-0.3, -0.25) is 4.79 Å². The number of methoxy groups -OCH3 is 1. The van der Waals surface area contributed by atoms with Crippen LogP contribution in [0.3, 0.4) is 0 Å². The lowest BCUT2D eigenvalue weighted by molar-refractivity contribution is -0.114. The van der Waals surface area contributed by atoms with E-state index in [1.54, 1.807) is 25.2 Å². The lowest BCUT2D eigenvalue weighted by Crippen LogP contribution is -2.34. The Kier molecular flexibility index (Phi) is 6.99. The fraction of sp³-hybridized carbons (Fsp3) is 0.263. The second-order valence-electron chi connectivity index (χ2n) is 5.75. The van der Waals surface area contributed by atoms with Gasteiger partial charge in [-0.2, -0.15) is 0 Å². The minimum Gasteiger partial charge on any atom is -0.495 e. The van der Waals surface area contributed by atoms with Gasteiger partial charge in [0.1, 0.15) is 23.9 Å². The lowest BCUT2D eigenvalue weighted by atomic mass is 10.2. The smallest absolute Gasteiger partial charge is 0.321 e. The molecule has 2 rings (SSSR count). The zero-order chi connectivity index (χ0) is 19.8. The summed E-state index contributed by atoms with van der Waals surface area (Å²) in [6.07, 6.45) is 0. The van der Waals surface area contributed by atoms with Gasteiger partial charge in [0.15, 0.2) is 0 Å². The quantitative estimate of drug-likeness (QED) is 0.778. The summed E-state index contributed by atoms with van der Waals surface area (Å²) in [5.74, 6) is 0.435. The predicted molar refractivity (Wildman–Crippen MR) is 101 cm³/mol. The van der Waals surface area contributed by atoms with E-state index in [1.807, 2.05) is 0 Å². The first kappa shape index (κ1) is 20.0. The molecule has 0 bridgehead atoms. The number of ether oxygens (including phenoxy) is 2. The van der Waals surface area contributed by atoms with Gasteiger partial charge < -0.3 is 25.0 Å². The van der Waals surface area contributed by atoms with E-state index >= 15 is 0 Å². The molecule has 2 aromatic carbocycles. The van der Waals surface area contributed by atoms with Gasteiger partial charge in [0.05, 0.1) is 19.3 Å². The number of hydrogen-bond acceptors (Lipinski definition) is 4. The van der Waals surface area contributed by atoms with E-state index in [9.17, 15) is 14.0 Å². The third-order valence-electron chi connectivity index (χ3n) is 3.62. The number of amides is 3. The van der Waals surface area contributed by atoms with E-state index in [1.165, 1.54) is 43.2 Å². The Morgan fingerprint density at radius 3 is 2.44 bits per heavy atom. The predicted octanol–water partition coefficient (Wildman–Crippen LogP) is 3.34. The first-order chi connectivity index (χ1) is 12.9. The summed E-state index contributed by atoms with van der Waals surface area (Å²) < 4.78 is 23.6. The SMILES string of the molecule is COc1ccc(NC(C)=O)cc1NC(=O)N(C)CCOc1ccc(F)cc1. The molecule has 0 unspecified atom stereocenters. The van der Waals surface area contributed by atoms with Crippen molar-refractivity contribution in [1.29, 1.82) is 0 Å². The van der Waals surface area contributed by atoms with Crippen molar-refractivity contribution in [2.75, 3.05) is 37.9 Å². The van der Waals surface area contributed by atoms with E-state index in [0.717, 1.165) is 0 Å². The van der Waals surface area contributed by atoms with Crippen LogP contribution in [0, 0.1) is 5.82 Å². The number of carbonyl (C=O) groups is 2. The maximum Gasteiger partial charge on any atom is 0.321 e. The Balaban J connectivity index is 1.92. The van der Waals surface area contributed by atoms with E-state index in [0.29, 0.717) is 29.4 Å².